The number of halogens is 1. The van der Waals surface area contributed by atoms with E-state index in [1.807, 2.05) is 48.8 Å². The molecule has 2 fully saturated rings. The van der Waals surface area contributed by atoms with Crippen LogP contribution in [-0.4, -0.2) is 45.1 Å². The van der Waals surface area contributed by atoms with Crippen molar-refractivity contribution in [2.24, 2.45) is 11.7 Å². The van der Waals surface area contributed by atoms with E-state index >= 15 is 0 Å². The van der Waals surface area contributed by atoms with Gasteiger partial charge < -0.3 is 15.5 Å². The molecule has 1 unspecified atom stereocenters. The van der Waals surface area contributed by atoms with Gasteiger partial charge in [0.25, 0.3) is 0 Å². The zero-order valence-electron chi connectivity index (χ0n) is 23.3. The van der Waals surface area contributed by atoms with Crippen LogP contribution in [0.2, 0.25) is 0 Å². The number of carbonyl (C=O) groups is 1. The highest BCUT2D eigenvalue weighted by Gasteiger charge is 2.28. The fraction of sp³-hybridized carbons (Fsp3) is 0.419. The molecule has 1 amide bonds. The molecule has 2 atom stereocenters. The summed E-state index contributed by atoms with van der Waals surface area (Å²) in [6.07, 6.45) is 8.26. The highest BCUT2D eigenvalue weighted by molar-refractivity contribution is 5.76. The molecule has 3 aromatic heterocycles. The van der Waals surface area contributed by atoms with Gasteiger partial charge in [-0.05, 0) is 74.1 Å². The number of carbonyl (C=O) groups excluding carboxylic acids is 1. The van der Waals surface area contributed by atoms with E-state index in [2.05, 4.69) is 26.9 Å². The molecule has 2 saturated heterocycles. The number of primary amides is 1. The highest BCUT2D eigenvalue weighted by Crippen LogP contribution is 2.35. The Morgan fingerprint density at radius 2 is 1.85 bits per heavy atom. The van der Waals surface area contributed by atoms with E-state index < -0.39 is 0 Å². The molecule has 40 heavy (non-hydrogen) atoms. The number of aromatic nitrogens is 4. The molecule has 2 aliphatic rings. The van der Waals surface area contributed by atoms with Crippen molar-refractivity contribution in [1.29, 1.82) is 0 Å². The largest absolute Gasteiger partial charge is 0.369 e. The van der Waals surface area contributed by atoms with Gasteiger partial charge in [-0.2, -0.15) is 0 Å². The molecule has 0 aliphatic carbocycles. The monoisotopic (exact) mass is 543 g/mol. The fourth-order valence-corrected chi connectivity index (χ4v) is 5.56. The minimum absolute atomic E-state index is 0.0556. The molecule has 0 spiro atoms. The van der Waals surface area contributed by atoms with Crippen molar-refractivity contribution in [1.82, 2.24) is 19.6 Å². The van der Waals surface area contributed by atoms with E-state index in [4.69, 9.17) is 15.8 Å². The Bertz CT molecular complexity index is 1450. The normalized spacial score (nSPS) is 17.6. The van der Waals surface area contributed by atoms with E-state index in [0.717, 1.165) is 79.6 Å². The van der Waals surface area contributed by atoms with Crippen molar-refractivity contribution < 1.29 is 9.18 Å². The maximum atomic E-state index is 13.8. The third kappa shape index (κ3) is 6.08. The minimum Gasteiger partial charge on any atom is -0.369 e. The van der Waals surface area contributed by atoms with Crippen molar-refractivity contribution in [3.05, 3.63) is 72.2 Å². The van der Waals surface area contributed by atoms with Crippen LogP contribution in [0, 0.1) is 11.7 Å². The summed E-state index contributed by atoms with van der Waals surface area (Å²) in [5, 5.41) is 4.95. The second-order valence-corrected chi connectivity index (χ2v) is 10.7. The third-order valence-corrected chi connectivity index (χ3v) is 7.76. The van der Waals surface area contributed by atoms with Crippen LogP contribution in [0.5, 0.6) is 0 Å². The standard InChI is InChI=1S/C25H25FN6.C6H13NO/c26-19-7-3-6-18(16-19)21-9-5-15-31(21)25-12-11-23-27-17-22(32(23)29-25)20-8-4-10-24(28-20)30-13-1-2-14-30;1-3-4-5(2)6(7)8/h3-4,6-8,10-12,16-17,21H,1-2,5,9,13-15H2;5H,3-4H2,1-2H3,(H2,7,8)/t;5-/m.1/s1. The summed E-state index contributed by atoms with van der Waals surface area (Å²) in [6.45, 7) is 6.91. The summed E-state index contributed by atoms with van der Waals surface area (Å²) in [4.78, 5) is 24.4. The Labute approximate surface area is 235 Å². The lowest BCUT2D eigenvalue weighted by Gasteiger charge is -2.26. The zero-order chi connectivity index (χ0) is 28.1. The van der Waals surface area contributed by atoms with E-state index in [0.29, 0.717) is 0 Å². The number of pyridine rings is 1. The summed E-state index contributed by atoms with van der Waals surface area (Å²) in [5.41, 5.74) is 8.52. The van der Waals surface area contributed by atoms with Gasteiger partial charge in [0, 0.05) is 25.6 Å². The van der Waals surface area contributed by atoms with Crippen molar-refractivity contribution in [2.45, 2.75) is 58.4 Å². The zero-order valence-corrected chi connectivity index (χ0v) is 23.3. The summed E-state index contributed by atoms with van der Waals surface area (Å²) >= 11 is 0. The molecule has 2 aliphatic heterocycles. The lowest BCUT2D eigenvalue weighted by atomic mass is 10.0. The second kappa shape index (κ2) is 12.4. The number of rotatable bonds is 7. The molecular weight excluding hydrogens is 505 g/mol. The van der Waals surface area contributed by atoms with Crippen LogP contribution < -0.4 is 15.5 Å². The van der Waals surface area contributed by atoms with E-state index in [-0.39, 0.29) is 23.7 Å². The molecule has 1 aromatic carbocycles. The van der Waals surface area contributed by atoms with Crippen LogP contribution in [0.15, 0.2) is 60.8 Å². The van der Waals surface area contributed by atoms with E-state index in [1.54, 1.807) is 12.1 Å². The number of nitrogens with zero attached hydrogens (tertiary/aromatic N) is 6. The quantitative estimate of drug-likeness (QED) is 0.318. The molecule has 0 radical (unpaired) electrons. The number of benzene rings is 1. The summed E-state index contributed by atoms with van der Waals surface area (Å²) in [5.74, 6) is 1.56. The Morgan fingerprint density at radius 3 is 2.58 bits per heavy atom. The summed E-state index contributed by atoms with van der Waals surface area (Å²) in [6, 6.07) is 17.2. The Morgan fingerprint density at radius 1 is 1.05 bits per heavy atom. The predicted molar refractivity (Wildman–Crippen MR) is 157 cm³/mol. The molecular formula is C31H38FN7O. The number of anilines is 2. The molecule has 210 valence electrons. The van der Waals surface area contributed by atoms with Gasteiger partial charge in [-0.15, -0.1) is 5.10 Å². The summed E-state index contributed by atoms with van der Waals surface area (Å²) in [7, 11) is 0. The first-order valence-corrected chi connectivity index (χ1v) is 14.3. The molecule has 5 heterocycles. The van der Waals surface area contributed by atoms with Gasteiger partial charge in [-0.3, -0.25) is 4.79 Å². The van der Waals surface area contributed by atoms with Crippen LogP contribution in [0.1, 0.15) is 64.0 Å². The average molecular weight is 544 g/mol. The van der Waals surface area contributed by atoms with Crippen molar-refractivity contribution >= 4 is 23.2 Å². The van der Waals surface area contributed by atoms with Crippen LogP contribution in [-0.2, 0) is 4.79 Å². The first-order chi connectivity index (χ1) is 19.4. The molecule has 2 N–H and O–H groups in total. The first kappa shape index (κ1) is 27.6. The Balaban J connectivity index is 0.000000355. The van der Waals surface area contributed by atoms with Crippen LogP contribution in [0.3, 0.4) is 0 Å². The predicted octanol–water partition coefficient (Wildman–Crippen LogP) is 5.78. The van der Waals surface area contributed by atoms with Gasteiger partial charge in [0.2, 0.25) is 5.91 Å². The Kier molecular flexibility index (Phi) is 8.57. The Hall–Kier alpha value is -4.01. The topological polar surface area (TPSA) is 92.7 Å². The van der Waals surface area contributed by atoms with Gasteiger partial charge in [0.05, 0.1) is 17.9 Å². The number of hydrogen-bond acceptors (Lipinski definition) is 6. The minimum atomic E-state index is -0.196. The van der Waals surface area contributed by atoms with Crippen LogP contribution >= 0.6 is 0 Å². The molecule has 9 heteroatoms. The van der Waals surface area contributed by atoms with Gasteiger partial charge in [-0.25, -0.2) is 18.9 Å². The molecule has 0 bridgehead atoms. The average Bonchev–Trinajstić information content (AvgIpc) is 3.74. The van der Waals surface area contributed by atoms with Crippen molar-refractivity contribution in [3.63, 3.8) is 0 Å². The lowest BCUT2D eigenvalue weighted by molar-refractivity contribution is -0.121. The highest BCUT2D eigenvalue weighted by atomic mass is 19.1. The van der Waals surface area contributed by atoms with Gasteiger partial charge in [0.1, 0.15) is 23.1 Å². The molecule has 6 rings (SSSR count). The summed E-state index contributed by atoms with van der Waals surface area (Å²) < 4.78 is 15.7. The first-order valence-electron chi connectivity index (χ1n) is 14.3. The number of imidazole rings is 1. The fourth-order valence-electron chi connectivity index (χ4n) is 5.56. The van der Waals surface area contributed by atoms with Crippen molar-refractivity contribution in [3.8, 4) is 11.4 Å². The van der Waals surface area contributed by atoms with Crippen molar-refractivity contribution in [2.75, 3.05) is 29.4 Å². The van der Waals surface area contributed by atoms with Gasteiger partial charge in [0.15, 0.2) is 5.65 Å². The molecule has 0 saturated carbocycles. The maximum absolute atomic E-state index is 13.8. The van der Waals surface area contributed by atoms with E-state index in [9.17, 15) is 9.18 Å². The SMILES string of the molecule is CCC[C@@H](C)C(N)=O.Fc1cccc(C2CCCN2c2ccc3ncc(-c4cccc(N5CCCC5)n4)n3n2)c1. The van der Waals surface area contributed by atoms with Crippen LogP contribution in [0.25, 0.3) is 17.0 Å². The van der Waals surface area contributed by atoms with Crippen LogP contribution in [0.4, 0.5) is 16.0 Å². The van der Waals surface area contributed by atoms with E-state index in [1.165, 1.54) is 18.9 Å². The number of hydrogen-bond donors (Lipinski definition) is 1. The van der Waals surface area contributed by atoms with Gasteiger partial charge >= 0.3 is 0 Å². The third-order valence-electron chi connectivity index (χ3n) is 7.76. The number of nitrogens with two attached hydrogens (primary N) is 1. The smallest absolute Gasteiger partial charge is 0.220 e. The second-order valence-electron chi connectivity index (χ2n) is 10.7. The number of amides is 1. The number of fused-ring (bicyclic) bond motifs is 1. The molecule has 8 nitrogen and oxygen atoms in total. The van der Waals surface area contributed by atoms with Gasteiger partial charge in [-0.1, -0.05) is 38.5 Å². The molecule has 4 aromatic rings. The maximum Gasteiger partial charge on any atom is 0.220 e. The lowest BCUT2D eigenvalue weighted by Crippen LogP contribution is -2.24.